The predicted molar refractivity (Wildman–Crippen MR) is 72.2 cm³/mol. The van der Waals surface area contributed by atoms with Gasteiger partial charge >= 0.3 is 0 Å². The van der Waals surface area contributed by atoms with Gasteiger partial charge in [0.15, 0.2) is 0 Å². The van der Waals surface area contributed by atoms with Crippen molar-refractivity contribution in [2.75, 3.05) is 6.54 Å². The summed E-state index contributed by atoms with van der Waals surface area (Å²) in [5.74, 6) is 1.13. The monoisotopic (exact) mass is 231 g/mol. The standard InChI is InChI=1S/C14H21N3/c1-5-15-11(4)14-16-12-9-10(3)7-8-13(12)17(14)6-2/h7-9,11,15H,5-6H2,1-4H3. The van der Waals surface area contributed by atoms with Gasteiger partial charge in [0, 0.05) is 6.54 Å². The third-order valence-corrected chi connectivity index (χ3v) is 3.15. The number of rotatable bonds is 4. The lowest BCUT2D eigenvalue weighted by Crippen LogP contribution is -2.21. The van der Waals surface area contributed by atoms with Crippen LogP contribution in [-0.2, 0) is 6.54 Å². The van der Waals surface area contributed by atoms with E-state index < -0.39 is 0 Å². The van der Waals surface area contributed by atoms with Gasteiger partial charge in [-0.3, -0.25) is 0 Å². The molecular weight excluding hydrogens is 210 g/mol. The van der Waals surface area contributed by atoms with E-state index in [-0.39, 0.29) is 0 Å². The van der Waals surface area contributed by atoms with Crippen molar-refractivity contribution in [2.45, 2.75) is 40.3 Å². The lowest BCUT2D eigenvalue weighted by molar-refractivity contribution is 0.538. The Bertz CT molecular complexity index is 513. The van der Waals surface area contributed by atoms with Gasteiger partial charge in [0.05, 0.1) is 17.1 Å². The van der Waals surface area contributed by atoms with E-state index in [0.717, 1.165) is 24.4 Å². The van der Waals surface area contributed by atoms with E-state index >= 15 is 0 Å². The van der Waals surface area contributed by atoms with Crippen LogP contribution in [-0.4, -0.2) is 16.1 Å². The number of hydrogen-bond acceptors (Lipinski definition) is 2. The third-order valence-electron chi connectivity index (χ3n) is 3.15. The van der Waals surface area contributed by atoms with Gasteiger partial charge in [-0.05, 0) is 45.0 Å². The van der Waals surface area contributed by atoms with E-state index in [2.05, 4.69) is 55.8 Å². The first-order valence-electron chi connectivity index (χ1n) is 6.37. The minimum Gasteiger partial charge on any atom is -0.327 e. The molecule has 0 saturated heterocycles. The van der Waals surface area contributed by atoms with Crippen molar-refractivity contribution in [2.24, 2.45) is 0 Å². The number of benzene rings is 1. The Labute approximate surface area is 103 Å². The van der Waals surface area contributed by atoms with Gasteiger partial charge in [-0.1, -0.05) is 13.0 Å². The molecule has 92 valence electrons. The molecule has 0 aliphatic rings. The number of hydrogen-bond donors (Lipinski definition) is 1. The zero-order valence-electron chi connectivity index (χ0n) is 11.1. The summed E-state index contributed by atoms with van der Waals surface area (Å²) < 4.78 is 2.29. The summed E-state index contributed by atoms with van der Waals surface area (Å²) in [6, 6.07) is 6.78. The molecule has 0 fully saturated rings. The Hall–Kier alpha value is -1.35. The molecule has 0 radical (unpaired) electrons. The molecule has 0 amide bonds. The highest BCUT2D eigenvalue weighted by molar-refractivity contribution is 5.77. The summed E-state index contributed by atoms with van der Waals surface area (Å²) in [4.78, 5) is 4.76. The summed E-state index contributed by atoms with van der Waals surface area (Å²) in [5, 5.41) is 3.43. The van der Waals surface area contributed by atoms with Gasteiger partial charge < -0.3 is 9.88 Å². The smallest absolute Gasteiger partial charge is 0.126 e. The molecule has 2 aromatic rings. The zero-order valence-corrected chi connectivity index (χ0v) is 11.1. The van der Waals surface area contributed by atoms with Crippen molar-refractivity contribution in [3.8, 4) is 0 Å². The van der Waals surface area contributed by atoms with Gasteiger partial charge in [-0.2, -0.15) is 0 Å². The molecular formula is C14H21N3. The summed E-state index contributed by atoms with van der Waals surface area (Å²) in [6.45, 7) is 10.5. The molecule has 3 nitrogen and oxygen atoms in total. The van der Waals surface area contributed by atoms with Crippen LogP contribution in [0.5, 0.6) is 0 Å². The molecule has 1 aromatic carbocycles. The third kappa shape index (κ3) is 2.20. The summed E-state index contributed by atoms with van der Waals surface area (Å²) in [6.07, 6.45) is 0. The average molecular weight is 231 g/mol. The zero-order chi connectivity index (χ0) is 12.4. The average Bonchev–Trinajstić information content (AvgIpc) is 2.66. The first kappa shape index (κ1) is 12.1. The highest BCUT2D eigenvalue weighted by Gasteiger charge is 2.14. The Kier molecular flexibility index (Phi) is 3.48. The molecule has 0 spiro atoms. The van der Waals surface area contributed by atoms with Crippen LogP contribution in [0.15, 0.2) is 18.2 Å². The van der Waals surface area contributed by atoms with Gasteiger partial charge in [0.1, 0.15) is 5.82 Å². The summed E-state index contributed by atoms with van der Waals surface area (Å²) >= 11 is 0. The fourth-order valence-corrected chi connectivity index (χ4v) is 2.32. The second kappa shape index (κ2) is 4.88. The lowest BCUT2D eigenvalue weighted by Gasteiger charge is -2.13. The molecule has 0 bridgehead atoms. The van der Waals surface area contributed by atoms with E-state index in [1.54, 1.807) is 0 Å². The number of nitrogens with one attached hydrogen (secondary N) is 1. The first-order valence-corrected chi connectivity index (χ1v) is 6.37. The van der Waals surface area contributed by atoms with Crippen molar-refractivity contribution >= 4 is 11.0 Å². The second-order valence-corrected chi connectivity index (χ2v) is 4.49. The molecule has 0 aliphatic heterocycles. The Morgan fingerprint density at radius 1 is 1.35 bits per heavy atom. The van der Waals surface area contributed by atoms with Crippen LogP contribution in [0, 0.1) is 6.92 Å². The maximum Gasteiger partial charge on any atom is 0.126 e. The SMILES string of the molecule is CCNC(C)c1nc2cc(C)ccc2n1CC. The van der Waals surface area contributed by atoms with E-state index in [4.69, 9.17) is 4.98 Å². The predicted octanol–water partition coefficient (Wildman–Crippen LogP) is 3.04. The molecule has 1 N–H and O–H groups in total. The van der Waals surface area contributed by atoms with Gasteiger partial charge in [0.25, 0.3) is 0 Å². The maximum atomic E-state index is 4.76. The van der Waals surface area contributed by atoms with Gasteiger partial charge in [-0.25, -0.2) is 4.98 Å². The molecule has 1 unspecified atom stereocenters. The minimum atomic E-state index is 0.299. The van der Waals surface area contributed by atoms with Crippen LogP contribution < -0.4 is 5.32 Å². The lowest BCUT2D eigenvalue weighted by atomic mass is 10.2. The quantitative estimate of drug-likeness (QED) is 0.876. The Morgan fingerprint density at radius 2 is 2.12 bits per heavy atom. The van der Waals surface area contributed by atoms with Crippen molar-refractivity contribution in [3.05, 3.63) is 29.6 Å². The largest absolute Gasteiger partial charge is 0.327 e. The van der Waals surface area contributed by atoms with Crippen molar-refractivity contribution < 1.29 is 0 Å². The molecule has 0 saturated carbocycles. The number of aromatic nitrogens is 2. The minimum absolute atomic E-state index is 0.299. The Morgan fingerprint density at radius 3 is 2.76 bits per heavy atom. The van der Waals surface area contributed by atoms with E-state index in [0.29, 0.717) is 6.04 Å². The fraction of sp³-hybridized carbons (Fsp3) is 0.500. The summed E-state index contributed by atoms with van der Waals surface area (Å²) in [7, 11) is 0. The highest BCUT2D eigenvalue weighted by Crippen LogP contribution is 2.21. The second-order valence-electron chi connectivity index (χ2n) is 4.49. The molecule has 1 aromatic heterocycles. The van der Waals surface area contributed by atoms with Crippen LogP contribution in [0.1, 0.15) is 38.2 Å². The van der Waals surface area contributed by atoms with Crippen LogP contribution in [0.2, 0.25) is 0 Å². The molecule has 1 heterocycles. The molecule has 17 heavy (non-hydrogen) atoms. The summed E-state index contributed by atoms with van der Waals surface area (Å²) in [5.41, 5.74) is 3.60. The van der Waals surface area contributed by atoms with E-state index in [9.17, 15) is 0 Å². The fourth-order valence-electron chi connectivity index (χ4n) is 2.32. The number of nitrogens with zero attached hydrogens (tertiary/aromatic N) is 2. The Balaban J connectivity index is 2.55. The molecule has 0 aliphatic carbocycles. The van der Waals surface area contributed by atoms with Gasteiger partial charge in [0.2, 0.25) is 0 Å². The van der Waals surface area contributed by atoms with Gasteiger partial charge in [-0.15, -0.1) is 0 Å². The molecule has 1 atom stereocenters. The molecule has 3 heteroatoms. The topological polar surface area (TPSA) is 29.9 Å². The maximum absolute atomic E-state index is 4.76. The number of fused-ring (bicyclic) bond motifs is 1. The van der Waals surface area contributed by atoms with E-state index in [1.165, 1.54) is 11.1 Å². The van der Waals surface area contributed by atoms with E-state index in [1.807, 2.05) is 0 Å². The molecule has 2 rings (SSSR count). The van der Waals surface area contributed by atoms with Crippen molar-refractivity contribution in [1.29, 1.82) is 0 Å². The number of aryl methyl sites for hydroxylation is 2. The normalized spacial score (nSPS) is 13.2. The van der Waals surface area contributed by atoms with Crippen LogP contribution >= 0.6 is 0 Å². The van der Waals surface area contributed by atoms with Crippen LogP contribution in [0.4, 0.5) is 0 Å². The van der Waals surface area contributed by atoms with Crippen LogP contribution in [0.3, 0.4) is 0 Å². The van der Waals surface area contributed by atoms with Crippen molar-refractivity contribution in [3.63, 3.8) is 0 Å². The van der Waals surface area contributed by atoms with Crippen LogP contribution in [0.25, 0.3) is 11.0 Å². The van der Waals surface area contributed by atoms with Crippen molar-refractivity contribution in [1.82, 2.24) is 14.9 Å². The number of imidazole rings is 1. The highest BCUT2D eigenvalue weighted by atomic mass is 15.1. The first-order chi connectivity index (χ1) is 8.17.